The molecular formula is C19H20N2O3. The molecule has 5 nitrogen and oxygen atoms in total. The minimum absolute atomic E-state index is 0.0489. The van der Waals surface area contributed by atoms with Crippen LogP contribution in [0.4, 0.5) is 0 Å². The lowest BCUT2D eigenvalue weighted by atomic mass is 10.0. The first-order valence-corrected chi connectivity index (χ1v) is 7.76. The Morgan fingerprint density at radius 2 is 1.54 bits per heavy atom. The molecule has 0 radical (unpaired) electrons. The SMILES string of the molecule is COc1ccc(-c2ccc3ncnc(OC(C)C)c3c2)cc1OC. The predicted molar refractivity (Wildman–Crippen MR) is 93.8 cm³/mol. The third-order valence-electron chi connectivity index (χ3n) is 3.66. The molecule has 3 aromatic rings. The molecule has 124 valence electrons. The van der Waals surface area contributed by atoms with Gasteiger partial charge in [0.15, 0.2) is 11.5 Å². The van der Waals surface area contributed by atoms with Gasteiger partial charge in [0, 0.05) is 0 Å². The summed E-state index contributed by atoms with van der Waals surface area (Å²) in [5.41, 5.74) is 2.91. The lowest BCUT2D eigenvalue weighted by Gasteiger charge is -2.12. The van der Waals surface area contributed by atoms with Gasteiger partial charge in [-0.15, -0.1) is 0 Å². The Kier molecular flexibility index (Phi) is 4.51. The van der Waals surface area contributed by atoms with Crippen molar-refractivity contribution in [3.05, 3.63) is 42.7 Å². The van der Waals surface area contributed by atoms with Gasteiger partial charge in [0.05, 0.1) is 31.2 Å². The molecule has 3 rings (SSSR count). The number of benzene rings is 2. The Hall–Kier alpha value is -2.82. The van der Waals surface area contributed by atoms with Crippen molar-refractivity contribution in [2.45, 2.75) is 20.0 Å². The van der Waals surface area contributed by atoms with Crippen molar-refractivity contribution in [3.8, 4) is 28.5 Å². The highest BCUT2D eigenvalue weighted by molar-refractivity contribution is 5.88. The Balaban J connectivity index is 2.10. The highest BCUT2D eigenvalue weighted by atomic mass is 16.5. The largest absolute Gasteiger partial charge is 0.493 e. The van der Waals surface area contributed by atoms with Gasteiger partial charge in [-0.25, -0.2) is 9.97 Å². The van der Waals surface area contributed by atoms with Gasteiger partial charge < -0.3 is 14.2 Å². The summed E-state index contributed by atoms with van der Waals surface area (Å²) in [5.74, 6) is 1.99. The quantitative estimate of drug-likeness (QED) is 0.707. The van der Waals surface area contributed by atoms with Crippen LogP contribution in [0.5, 0.6) is 17.4 Å². The lowest BCUT2D eigenvalue weighted by molar-refractivity contribution is 0.235. The number of ether oxygens (including phenoxy) is 3. The lowest BCUT2D eigenvalue weighted by Crippen LogP contribution is -2.07. The normalized spacial score (nSPS) is 10.9. The van der Waals surface area contributed by atoms with Gasteiger partial charge in [-0.1, -0.05) is 12.1 Å². The van der Waals surface area contributed by atoms with E-state index in [2.05, 4.69) is 9.97 Å². The second-order valence-electron chi connectivity index (χ2n) is 5.65. The maximum absolute atomic E-state index is 5.80. The summed E-state index contributed by atoms with van der Waals surface area (Å²) in [5, 5.41) is 0.887. The molecule has 0 aliphatic rings. The van der Waals surface area contributed by atoms with Crippen LogP contribution < -0.4 is 14.2 Å². The first kappa shape index (κ1) is 16.1. The summed E-state index contributed by atoms with van der Waals surface area (Å²) in [6.45, 7) is 3.96. The average Bonchev–Trinajstić information content (AvgIpc) is 2.60. The maximum atomic E-state index is 5.80. The van der Waals surface area contributed by atoms with Crippen LogP contribution in [0.3, 0.4) is 0 Å². The summed E-state index contributed by atoms with van der Waals surface area (Å²) in [7, 11) is 3.25. The minimum atomic E-state index is 0.0489. The molecule has 0 atom stereocenters. The zero-order valence-corrected chi connectivity index (χ0v) is 14.2. The van der Waals surface area contributed by atoms with Crippen LogP contribution in [0, 0.1) is 0 Å². The molecule has 0 saturated carbocycles. The fourth-order valence-corrected chi connectivity index (χ4v) is 2.55. The molecule has 1 heterocycles. The Morgan fingerprint density at radius 3 is 2.25 bits per heavy atom. The number of hydrogen-bond acceptors (Lipinski definition) is 5. The van der Waals surface area contributed by atoms with E-state index in [0.29, 0.717) is 17.4 Å². The van der Waals surface area contributed by atoms with E-state index in [0.717, 1.165) is 22.0 Å². The van der Waals surface area contributed by atoms with E-state index >= 15 is 0 Å². The minimum Gasteiger partial charge on any atom is -0.493 e. The Labute approximate surface area is 141 Å². The fourth-order valence-electron chi connectivity index (χ4n) is 2.55. The molecular weight excluding hydrogens is 304 g/mol. The zero-order chi connectivity index (χ0) is 17.1. The first-order valence-electron chi connectivity index (χ1n) is 7.76. The van der Waals surface area contributed by atoms with Gasteiger partial charge in [-0.05, 0) is 49.2 Å². The summed E-state index contributed by atoms with van der Waals surface area (Å²) < 4.78 is 16.5. The van der Waals surface area contributed by atoms with Crippen molar-refractivity contribution in [3.63, 3.8) is 0 Å². The van der Waals surface area contributed by atoms with Crippen molar-refractivity contribution in [1.82, 2.24) is 9.97 Å². The number of rotatable bonds is 5. The summed E-state index contributed by atoms with van der Waals surface area (Å²) in [6, 6.07) is 11.9. The second kappa shape index (κ2) is 6.74. The highest BCUT2D eigenvalue weighted by Crippen LogP contribution is 2.34. The van der Waals surface area contributed by atoms with E-state index in [9.17, 15) is 0 Å². The number of methoxy groups -OCH3 is 2. The molecule has 2 aromatic carbocycles. The van der Waals surface area contributed by atoms with Crippen molar-refractivity contribution in [2.24, 2.45) is 0 Å². The number of fused-ring (bicyclic) bond motifs is 1. The third kappa shape index (κ3) is 3.11. The number of aromatic nitrogens is 2. The topological polar surface area (TPSA) is 53.5 Å². The molecule has 0 saturated heterocycles. The van der Waals surface area contributed by atoms with E-state index < -0.39 is 0 Å². The van der Waals surface area contributed by atoms with E-state index in [1.54, 1.807) is 14.2 Å². The van der Waals surface area contributed by atoms with Crippen LogP contribution in [0.25, 0.3) is 22.0 Å². The summed E-state index contributed by atoms with van der Waals surface area (Å²) in [4.78, 5) is 8.57. The van der Waals surface area contributed by atoms with Crippen LogP contribution >= 0.6 is 0 Å². The number of hydrogen-bond donors (Lipinski definition) is 0. The van der Waals surface area contributed by atoms with Crippen molar-refractivity contribution in [1.29, 1.82) is 0 Å². The number of nitrogens with zero attached hydrogens (tertiary/aromatic N) is 2. The fraction of sp³-hybridized carbons (Fsp3) is 0.263. The molecule has 0 aliphatic heterocycles. The first-order chi connectivity index (χ1) is 11.6. The van der Waals surface area contributed by atoms with E-state index in [4.69, 9.17) is 14.2 Å². The zero-order valence-electron chi connectivity index (χ0n) is 14.2. The van der Waals surface area contributed by atoms with Crippen LogP contribution in [-0.2, 0) is 0 Å². The molecule has 0 N–H and O–H groups in total. The Morgan fingerprint density at radius 1 is 0.833 bits per heavy atom. The monoisotopic (exact) mass is 324 g/mol. The summed E-state index contributed by atoms with van der Waals surface area (Å²) >= 11 is 0. The van der Waals surface area contributed by atoms with Crippen LogP contribution in [-0.4, -0.2) is 30.3 Å². The molecule has 24 heavy (non-hydrogen) atoms. The maximum Gasteiger partial charge on any atom is 0.224 e. The molecule has 1 aromatic heterocycles. The molecule has 0 bridgehead atoms. The highest BCUT2D eigenvalue weighted by Gasteiger charge is 2.10. The van der Waals surface area contributed by atoms with Crippen molar-refractivity contribution >= 4 is 10.9 Å². The summed E-state index contributed by atoms with van der Waals surface area (Å²) in [6.07, 6.45) is 1.57. The van der Waals surface area contributed by atoms with Gasteiger partial charge in [0.2, 0.25) is 5.88 Å². The van der Waals surface area contributed by atoms with Gasteiger partial charge in [-0.3, -0.25) is 0 Å². The molecule has 0 unspecified atom stereocenters. The smallest absolute Gasteiger partial charge is 0.224 e. The molecule has 5 heteroatoms. The van der Waals surface area contributed by atoms with E-state index in [1.165, 1.54) is 6.33 Å². The molecule has 0 aliphatic carbocycles. The van der Waals surface area contributed by atoms with Gasteiger partial charge >= 0.3 is 0 Å². The second-order valence-corrected chi connectivity index (χ2v) is 5.65. The van der Waals surface area contributed by atoms with Crippen LogP contribution in [0.15, 0.2) is 42.7 Å². The molecule has 0 amide bonds. The van der Waals surface area contributed by atoms with Crippen LogP contribution in [0.2, 0.25) is 0 Å². The predicted octanol–water partition coefficient (Wildman–Crippen LogP) is 4.10. The van der Waals surface area contributed by atoms with E-state index in [-0.39, 0.29) is 6.10 Å². The Bertz CT molecular complexity index is 862. The third-order valence-corrected chi connectivity index (χ3v) is 3.66. The molecule has 0 fully saturated rings. The van der Waals surface area contributed by atoms with E-state index in [1.807, 2.05) is 50.2 Å². The van der Waals surface area contributed by atoms with Gasteiger partial charge in [-0.2, -0.15) is 0 Å². The van der Waals surface area contributed by atoms with Crippen LogP contribution in [0.1, 0.15) is 13.8 Å². The van der Waals surface area contributed by atoms with Gasteiger partial charge in [0.1, 0.15) is 6.33 Å². The molecule has 0 spiro atoms. The standard InChI is InChI=1S/C19H20N2O3/c1-12(2)24-19-15-9-13(5-7-16(15)20-11-21-19)14-6-8-17(22-3)18(10-14)23-4/h5-12H,1-4H3. The van der Waals surface area contributed by atoms with Gasteiger partial charge in [0.25, 0.3) is 0 Å². The average molecular weight is 324 g/mol. The van der Waals surface area contributed by atoms with Crippen molar-refractivity contribution < 1.29 is 14.2 Å². The van der Waals surface area contributed by atoms with Crippen molar-refractivity contribution in [2.75, 3.05) is 14.2 Å².